The van der Waals surface area contributed by atoms with E-state index in [1.807, 2.05) is 0 Å². The molecule has 1 unspecified atom stereocenters. The summed E-state index contributed by atoms with van der Waals surface area (Å²) in [5.74, 6) is 5.38. The van der Waals surface area contributed by atoms with E-state index in [2.05, 4.69) is 6.58 Å². The Morgan fingerprint density at radius 3 is 2.60 bits per heavy atom. The van der Waals surface area contributed by atoms with Gasteiger partial charge in [0.1, 0.15) is 11.8 Å². The number of allylic oxidation sites excluding steroid dienone is 1. The average Bonchev–Trinajstić information content (AvgIpc) is 2.10. The maximum absolute atomic E-state index is 11.4. The number of amides is 1. The molecule has 0 saturated carbocycles. The first-order valence-corrected chi connectivity index (χ1v) is 4.84. The minimum Gasteiger partial charge on any atom is -0.443 e. The van der Waals surface area contributed by atoms with Gasteiger partial charge in [-0.15, -0.1) is 6.58 Å². The fraction of sp³-hybridized carbons (Fsp3) is 0.700. The van der Waals surface area contributed by atoms with Gasteiger partial charge in [-0.25, -0.2) is 15.6 Å². The van der Waals surface area contributed by atoms with Crippen LogP contribution in [0.5, 0.6) is 0 Å². The number of aliphatic hydroxyl groups excluding tert-OH is 1. The molecular weight excluding hydrogens is 196 g/mol. The molecule has 0 aliphatic rings. The normalized spacial score (nSPS) is 13.1. The van der Waals surface area contributed by atoms with E-state index in [4.69, 9.17) is 10.6 Å². The van der Waals surface area contributed by atoms with Gasteiger partial charge in [-0.2, -0.15) is 0 Å². The molecule has 5 heteroatoms. The highest BCUT2D eigenvalue weighted by Gasteiger charge is 2.24. The average molecular weight is 216 g/mol. The van der Waals surface area contributed by atoms with Crippen molar-refractivity contribution in [3.05, 3.63) is 12.7 Å². The molecule has 88 valence electrons. The van der Waals surface area contributed by atoms with Gasteiger partial charge in [-0.1, -0.05) is 6.08 Å². The number of ether oxygens (including phenoxy) is 1. The van der Waals surface area contributed by atoms with E-state index < -0.39 is 17.9 Å². The predicted molar refractivity (Wildman–Crippen MR) is 57.7 cm³/mol. The lowest BCUT2D eigenvalue weighted by molar-refractivity contribution is -0.0334. The number of hydrogen-bond acceptors (Lipinski definition) is 4. The maximum Gasteiger partial charge on any atom is 0.426 e. The molecule has 0 heterocycles. The Morgan fingerprint density at radius 1 is 1.67 bits per heavy atom. The lowest BCUT2D eigenvalue weighted by atomic mass is 10.2. The second-order valence-corrected chi connectivity index (χ2v) is 4.23. The third kappa shape index (κ3) is 6.09. The van der Waals surface area contributed by atoms with Gasteiger partial charge < -0.3 is 9.84 Å². The van der Waals surface area contributed by atoms with E-state index in [9.17, 15) is 9.90 Å². The Kier molecular flexibility index (Phi) is 5.32. The summed E-state index contributed by atoms with van der Waals surface area (Å²) in [5, 5.41) is 10.2. The summed E-state index contributed by atoms with van der Waals surface area (Å²) < 4.78 is 4.98. The number of rotatable bonds is 4. The van der Waals surface area contributed by atoms with Crippen molar-refractivity contribution in [3.63, 3.8) is 0 Å². The predicted octanol–water partition coefficient (Wildman–Crippen LogP) is 1.38. The van der Waals surface area contributed by atoms with Gasteiger partial charge in [0.2, 0.25) is 0 Å². The molecule has 0 aromatic heterocycles. The summed E-state index contributed by atoms with van der Waals surface area (Å²) in [4.78, 5) is 11.4. The van der Waals surface area contributed by atoms with Crippen LogP contribution in [-0.2, 0) is 4.74 Å². The van der Waals surface area contributed by atoms with E-state index in [1.54, 1.807) is 26.8 Å². The summed E-state index contributed by atoms with van der Waals surface area (Å²) >= 11 is 0. The van der Waals surface area contributed by atoms with Gasteiger partial charge >= 0.3 is 6.09 Å². The molecule has 0 aromatic carbocycles. The molecule has 0 aliphatic heterocycles. The van der Waals surface area contributed by atoms with E-state index in [0.29, 0.717) is 17.9 Å². The fourth-order valence-electron chi connectivity index (χ4n) is 0.842. The van der Waals surface area contributed by atoms with Crippen molar-refractivity contribution in [1.82, 2.24) is 5.01 Å². The van der Waals surface area contributed by atoms with Crippen LogP contribution in [0, 0.1) is 0 Å². The standard InChI is InChI=1S/C10H20N2O3/c1-5-6-7-8(13)12(11)9(14)15-10(2,3)4/h5,8,13H,1,6-7,11H2,2-4H3. The zero-order chi connectivity index (χ0) is 12.1. The van der Waals surface area contributed by atoms with Gasteiger partial charge in [0.05, 0.1) is 0 Å². The number of hydrazine groups is 1. The van der Waals surface area contributed by atoms with Crippen molar-refractivity contribution in [2.24, 2.45) is 5.84 Å². The van der Waals surface area contributed by atoms with Crippen LogP contribution < -0.4 is 5.84 Å². The Morgan fingerprint density at radius 2 is 2.20 bits per heavy atom. The molecule has 3 N–H and O–H groups in total. The zero-order valence-corrected chi connectivity index (χ0v) is 9.56. The van der Waals surface area contributed by atoms with Gasteiger partial charge in [0.15, 0.2) is 0 Å². The monoisotopic (exact) mass is 216 g/mol. The quantitative estimate of drug-likeness (QED) is 0.245. The van der Waals surface area contributed by atoms with Crippen LogP contribution >= 0.6 is 0 Å². The van der Waals surface area contributed by atoms with Crippen LogP contribution in [0.2, 0.25) is 0 Å². The van der Waals surface area contributed by atoms with Gasteiger partial charge in [0, 0.05) is 0 Å². The van der Waals surface area contributed by atoms with Crippen LogP contribution in [0.1, 0.15) is 33.6 Å². The number of nitrogens with two attached hydrogens (primary N) is 1. The highest BCUT2D eigenvalue weighted by molar-refractivity contribution is 5.67. The second kappa shape index (κ2) is 5.72. The molecule has 0 bridgehead atoms. The summed E-state index contributed by atoms with van der Waals surface area (Å²) in [6.07, 6.45) is 0.792. The molecule has 0 aliphatic carbocycles. The Bertz CT molecular complexity index is 223. The summed E-state index contributed by atoms with van der Waals surface area (Å²) in [6, 6.07) is 0. The molecular formula is C10H20N2O3. The van der Waals surface area contributed by atoms with E-state index in [-0.39, 0.29) is 0 Å². The minimum absolute atomic E-state index is 0.346. The maximum atomic E-state index is 11.4. The van der Waals surface area contributed by atoms with E-state index in [1.165, 1.54) is 0 Å². The topological polar surface area (TPSA) is 75.8 Å². The van der Waals surface area contributed by atoms with Crippen molar-refractivity contribution < 1.29 is 14.6 Å². The molecule has 0 rings (SSSR count). The highest BCUT2D eigenvalue weighted by Crippen LogP contribution is 2.10. The van der Waals surface area contributed by atoms with E-state index >= 15 is 0 Å². The molecule has 0 radical (unpaired) electrons. The Hall–Kier alpha value is -1.07. The van der Waals surface area contributed by atoms with Crippen molar-refractivity contribution in [3.8, 4) is 0 Å². The van der Waals surface area contributed by atoms with Crippen LogP contribution in [-0.4, -0.2) is 28.0 Å². The van der Waals surface area contributed by atoms with Crippen LogP contribution in [0.4, 0.5) is 4.79 Å². The smallest absolute Gasteiger partial charge is 0.426 e. The fourth-order valence-corrected chi connectivity index (χ4v) is 0.842. The molecule has 5 nitrogen and oxygen atoms in total. The third-order valence-corrected chi connectivity index (χ3v) is 1.55. The van der Waals surface area contributed by atoms with Crippen molar-refractivity contribution in [1.29, 1.82) is 0 Å². The molecule has 0 aromatic rings. The highest BCUT2D eigenvalue weighted by atomic mass is 16.6. The van der Waals surface area contributed by atoms with Crippen LogP contribution in [0.3, 0.4) is 0 Å². The number of nitrogens with zero attached hydrogens (tertiary/aromatic N) is 1. The molecule has 1 atom stereocenters. The third-order valence-electron chi connectivity index (χ3n) is 1.55. The zero-order valence-electron chi connectivity index (χ0n) is 9.56. The van der Waals surface area contributed by atoms with Crippen molar-refractivity contribution in [2.75, 3.05) is 0 Å². The number of carbonyl (C=O) groups excluding carboxylic acids is 1. The lowest BCUT2D eigenvalue weighted by Crippen LogP contribution is -2.47. The van der Waals surface area contributed by atoms with Crippen molar-refractivity contribution >= 4 is 6.09 Å². The minimum atomic E-state index is -1.04. The first kappa shape index (κ1) is 13.9. The van der Waals surface area contributed by atoms with Crippen LogP contribution in [0.15, 0.2) is 12.7 Å². The largest absolute Gasteiger partial charge is 0.443 e. The first-order chi connectivity index (χ1) is 6.78. The summed E-state index contributed by atoms with van der Waals surface area (Å²) in [6.45, 7) is 8.70. The molecule has 15 heavy (non-hydrogen) atoms. The van der Waals surface area contributed by atoms with E-state index in [0.717, 1.165) is 0 Å². The van der Waals surface area contributed by atoms with Gasteiger partial charge in [-0.05, 0) is 33.6 Å². The molecule has 0 fully saturated rings. The molecule has 0 spiro atoms. The molecule has 0 saturated heterocycles. The van der Waals surface area contributed by atoms with Gasteiger partial charge in [-0.3, -0.25) is 0 Å². The first-order valence-electron chi connectivity index (χ1n) is 4.84. The Labute approximate surface area is 90.5 Å². The lowest BCUT2D eigenvalue weighted by Gasteiger charge is -2.26. The number of carbonyl (C=O) groups is 1. The number of aliphatic hydroxyl groups is 1. The van der Waals surface area contributed by atoms with Crippen LogP contribution in [0.25, 0.3) is 0 Å². The SMILES string of the molecule is C=CCCC(O)N(N)C(=O)OC(C)(C)C. The number of hydrogen-bond donors (Lipinski definition) is 2. The summed E-state index contributed by atoms with van der Waals surface area (Å²) in [7, 11) is 0. The van der Waals surface area contributed by atoms with Gasteiger partial charge in [0.25, 0.3) is 0 Å². The summed E-state index contributed by atoms with van der Waals surface area (Å²) in [5.41, 5.74) is -0.618. The Balaban J connectivity index is 4.13. The second-order valence-electron chi connectivity index (χ2n) is 4.23. The van der Waals surface area contributed by atoms with Crippen molar-refractivity contribution in [2.45, 2.75) is 45.4 Å². The molecule has 1 amide bonds.